The topological polar surface area (TPSA) is 58.6 Å². The Morgan fingerprint density at radius 1 is 1.10 bits per heavy atom. The van der Waals surface area contributed by atoms with Gasteiger partial charge in [-0.3, -0.25) is 9.69 Å². The quantitative estimate of drug-likeness (QED) is 0.621. The fourth-order valence-corrected chi connectivity index (χ4v) is 3.79. The number of hydrogen-bond donors (Lipinski definition) is 1. The molecule has 30 heavy (non-hydrogen) atoms. The number of nitrogens with one attached hydrogen (secondary N) is 1. The summed E-state index contributed by atoms with van der Waals surface area (Å²) in [6.45, 7) is 6.34. The molecule has 0 spiro atoms. The van der Waals surface area contributed by atoms with Crippen LogP contribution in [0.25, 0.3) is 5.57 Å². The number of amides is 2. The van der Waals surface area contributed by atoms with Crippen molar-refractivity contribution in [3.05, 3.63) is 74.7 Å². The van der Waals surface area contributed by atoms with Gasteiger partial charge in [-0.15, -0.1) is 0 Å². The van der Waals surface area contributed by atoms with Crippen molar-refractivity contribution in [3.63, 3.8) is 0 Å². The highest BCUT2D eigenvalue weighted by Gasteiger charge is 2.33. The van der Waals surface area contributed by atoms with Gasteiger partial charge in [0.1, 0.15) is 5.60 Å². The number of carbonyl (C=O) groups is 2. The van der Waals surface area contributed by atoms with Crippen LogP contribution in [0, 0.1) is 0 Å². The Labute approximate surface area is 190 Å². The second kappa shape index (κ2) is 9.23. The number of nitrogens with zero attached hydrogens (tertiary/aromatic N) is 1. The molecule has 2 aromatic rings. The molecule has 0 aromatic heterocycles. The van der Waals surface area contributed by atoms with Gasteiger partial charge in [0.05, 0.1) is 13.1 Å². The standard InChI is InChI=1S/C23H24BrClN2O3/c1-23(2,3)30-22(29)27-13-18(17-6-4-5-7-20(17)24)19(14-27)21(28)26-12-15-8-10-16(25)11-9-15/h4-11H,12-14H2,1-3H3,(H,26,28). The molecule has 0 fully saturated rings. The van der Waals surface area contributed by atoms with E-state index in [9.17, 15) is 9.59 Å². The van der Waals surface area contributed by atoms with Crippen LogP contribution < -0.4 is 5.32 Å². The zero-order valence-corrected chi connectivity index (χ0v) is 19.5. The molecule has 0 saturated carbocycles. The van der Waals surface area contributed by atoms with Gasteiger partial charge in [-0.2, -0.15) is 0 Å². The average Bonchev–Trinajstić information content (AvgIpc) is 3.12. The van der Waals surface area contributed by atoms with E-state index in [1.54, 1.807) is 17.0 Å². The Bertz CT molecular complexity index is 981. The molecule has 1 N–H and O–H groups in total. The first-order chi connectivity index (χ1) is 14.1. The maximum absolute atomic E-state index is 13.0. The summed E-state index contributed by atoms with van der Waals surface area (Å²) in [7, 11) is 0. The van der Waals surface area contributed by atoms with E-state index < -0.39 is 11.7 Å². The van der Waals surface area contributed by atoms with E-state index in [0.717, 1.165) is 21.2 Å². The van der Waals surface area contributed by atoms with Crippen LogP contribution in [0.15, 0.2) is 58.6 Å². The third-order valence-corrected chi connectivity index (χ3v) is 5.50. The van der Waals surface area contributed by atoms with E-state index >= 15 is 0 Å². The van der Waals surface area contributed by atoms with Gasteiger partial charge in [0.25, 0.3) is 0 Å². The van der Waals surface area contributed by atoms with E-state index in [1.165, 1.54) is 0 Å². The molecule has 0 bridgehead atoms. The van der Waals surface area contributed by atoms with Gasteiger partial charge in [0.15, 0.2) is 0 Å². The van der Waals surface area contributed by atoms with Crippen molar-refractivity contribution >= 4 is 45.1 Å². The largest absolute Gasteiger partial charge is 0.444 e. The first-order valence-corrected chi connectivity index (χ1v) is 10.8. The van der Waals surface area contributed by atoms with Crippen molar-refractivity contribution < 1.29 is 14.3 Å². The van der Waals surface area contributed by atoms with Crippen molar-refractivity contribution in [2.45, 2.75) is 32.9 Å². The summed E-state index contributed by atoms with van der Waals surface area (Å²) in [6.07, 6.45) is -0.437. The third kappa shape index (κ3) is 5.64. The van der Waals surface area contributed by atoms with E-state index in [-0.39, 0.29) is 12.5 Å². The fraction of sp³-hybridized carbons (Fsp3) is 0.304. The highest BCUT2D eigenvalue weighted by Crippen LogP contribution is 2.32. The maximum Gasteiger partial charge on any atom is 0.410 e. The van der Waals surface area contributed by atoms with Crippen molar-refractivity contribution in [2.75, 3.05) is 13.1 Å². The van der Waals surface area contributed by atoms with E-state index in [0.29, 0.717) is 23.7 Å². The van der Waals surface area contributed by atoms with Crippen LogP contribution in [0.3, 0.4) is 0 Å². The van der Waals surface area contributed by atoms with Crippen LogP contribution in [0.2, 0.25) is 5.02 Å². The summed E-state index contributed by atoms with van der Waals surface area (Å²) in [4.78, 5) is 27.2. The van der Waals surface area contributed by atoms with Crippen molar-refractivity contribution in [1.29, 1.82) is 0 Å². The molecule has 5 nitrogen and oxygen atoms in total. The summed E-state index contributed by atoms with van der Waals surface area (Å²) in [6, 6.07) is 15.0. The number of benzene rings is 2. The lowest BCUT2D eigenvalue weighted by molar-refractivity contribution is -0.117. The SMILES string of the molecule is CC(C)(C)OC(=O)N1CC(C(=O)NCc2ccc(Cl)cc2)=C(c2ccccc2Br)C1. The summed E-state index contributed by atoms with van der Waals surface area (Å²) < 4.78 is 6.38. The summed E-state index contributed by atoms with van der Waals surface area (Å²) in [5.74, 6) is -0.207. The van der Waals surface area contributed by atoms with Crippen LogP contribution in [-0.2, 0) is 16.1 Å². The molecule has 158 valence electrons. The Kier molecular flexibility index (Phi) is 6.88. The predicted molar refractivity (Wildman–Crippen MR) is 122 cm³/mol. The first kappa shape index (κ1) is 22.4. The number of halogens is 2. The first-order valence-electron chi connectivity index (χ1n) is 9.61. The zero-order chi connectivity index (χ0) is 21.9. The van der Waals surface area contributed by atoms with Gasteiger partial charge in [-0.05, 0) is 55.7 Å². The molecule has 0 unspecified atom stereocenters. The van der Waals surface area contributed by atoms with Crippen LogP contribution in [0.4, 0.5) is 4.79 Å². The molecule has 0 aliphatic carbocycles. The van der Waals surface area contributed by atoms with Gasteiger partial charge in [0.2, 0.25) is 5.91 Å². The van der Waals surface area contributed by atoms with Crippen LogP contribution in [-0.4, -0.2) is 35.6 Å². The minimum Gasteiger partial charge on any atom is -0.444 e. The third-order valence-electron chi connectivity index (χ3n) is 4.55. The minimum atomic E-state index is -0.607. The second-order valence-electron chi connectivity index (χ2n) is 8.08. The molecule has 1 aliphatic rings. The Morgan fingerprint density at radius 3 is 2.40 bits per heavy atom. The normalized spacial score (nSPS) is 14.1. The Morgan fingerprint density at radius 2 is 1.77 bits per heavy atom. The molecule has 0 radical (unpaired) electrons. The monoisotopic (exact) mass is 490 g/mol. The average molecular weight is 492 g/mol. The molecule has 1 aliphatic heterocycles. The van der Waals surface area contributed by atoms with E-state index in [2.05, 4.69) is 21.2 Å². The number of hydrogen-bond acceptors (Lipinski definition) is 3. The van der Waals surface area contributed by atoms with Crippen molar-refractivity contribution in [1.82, 2.24) is 10.2 Å². The zero-order valence-electron chi connectivity index (χ0n) is 17.2. The van der Waals surface area contributed by atoms with Gasteiger partial charge < -0.3 is 10.1 Å². The lowest BCUT2D eigenvalue weighted by Gasteiger charge is -2.24. The predicted octanol–water partition coefficient (Wildman–Crippen LogP) is 5.42. The molecule has 0 atom stereocenters. The summed E-state index contributed by atoms with van der Waals surface area (Å²) in [5.41, 5.74) is 2.59. The molecule has 2 amide bonds. The molecule has 1 heterocycles. The van der Waals surface area contributed by atoms with Crippen LogP contribution >= 0.6 is 27.5 Å². The molecule has 2 aromatic carbocycles. The van der Waals surface area contributed by atoms with Crippen LogP contribution in [0.1, 0.15) is 31.9 Å². The lowest BCUT2D eigenvalue weighted by atomic mass is 10.0. The highest BCUT2D eigenvalue weighted by molar-refractivity contribution is 9.10. The van der Waals surface area contributed by atoms with Crippen molar-refractivity contribution in [3.8, 4) is 0 Å². The molecular formula is C23H24BrClN2O3. The lowest BCUT2D eigenvalue weighted by Crippen LogP contribution is -2.36. The smallest absolute Gasteiger partial charge is 0.410 e. The number of ether oxygens (including phenoxy) is 1. The van der Waals surface area contributed by atoms with E-state index in [1.807, 2.05) is 57.2 Å². The van der Waals surface area contributed by atoms with Gasteiger partial charge >= 0.3 is 6.09 Å². The van der Waals surface area contributed by atoms with Gasteiger partial charge in [-0.1, -0.05) is 57.9 Å². The van der Waals surface area contributed by atoms with Gasteiger partial charge in [-0.25, -0.2) is 4.79 Å². The maximum atomic E-state index is 13.0. The number of rotatable bonds is 4. The van der Waals surface area contributed by atoms with Crippen molar-refractivity contribution in [2.24, 2.45) is 0 Å². The molecule has 7 heteroatoms. The Hall–Kier alpha value is -2.31. The fourth-order valence-electron chi connectivity index (χ4n) is 3.14. The summed E-state index contributed by atoms with van der Waals surface area (Å²) in [5, 5.41) is 3.60. The second-order valence-corrected chi connectivity index (χ2v) is 9.37. The molecule has 0 saturated heterocycles. The Balaban J connectivity index is 1.83. The highest BCUT2D eigenvalue weighted by atomic mass is 79.9. The number of carbonyl (C=O) groups excluding carboxylic acids is 2. The van der Waals surface area contributed by atoms with Crippen LogP contribution in [0.5, 0.6) is 0 Å². The summed E-state index contributed by atoms with van der Waals surface area (Å²) >= 11 is 9.48. The minimum absolute atomic E-state index is 0.192. The molecular weight excluding hydrogens is 468 g/mol. The molecule has 3 rings (SSSR count). The van der Waals surface area contributed by atoms with Gasteiger partial charge in [0, 0.05) is 21.6 Å². The van der Waals surface area contributed by atoms with E-state index in [4.69, 9.17) is 16.3 Å².